The number of hydrogen-bond donors (Lipinski definition) is 2. The molecular weight excluding hydrogens is 307 g/mol. The first-order chi connectivity index (χ1) is 9.47. The molecule has 20 heavy (non-hydrogen) atoms. The van der Waals surface area contributed by atoms with Crippen molar-refractivity contribution in [2.24, 2.45) is 0 Å². The number of aromatic nitrogens is 3. The van der Waals surface area contributed by atoms with Crippen molar-refractivity contribution in [1.82, 2.24) is 14.8 Å². The van der Waals surface area contributed by atoms with Crippen molar-refractivity contribution in [1.29, 1.82) is 0 Å². The van der Waals surface area contributed by atoms with Crippen molar-refractivity contribution in [3.63, 3.8) is 0 Å². The van der Waals surface area contributed by atoms with E-state index in [0.29, 0.717) is 5.02 Å². The van der Waals surface area contributed by atoms with Crippen LogP contribution in [0.5, 0.6) is 0 Å². The zero-order valence-corrected chi connectivity index (χ0v) is 11.4. The highest BCUT2D eigenvalue weighted by Gasteiger charge is 2.14. The summed E-state index contributed by atoms with van der Waals surface area (Å²) in [5.41, 5.74) is -0.0877. The van der Waals surface area contributed by atoms with Gasteiger partial charge in [-0.05, 0) is 12.1 Å². The Hall–Kier alpha value is -2.12. The maximum absolute atomic E-state index is 11.8. The molecule has 2 heterocycles. The molecule has 0 spiro atoms. The molecule has 0 aliphatic carbocycles. The van der Waals surface area contributed by atoms with Gasteiger partial charge >= 0.3 is 5.97 Å². The molecule has 0 saturated carbocycles. The van der Waals surface area contributed by atoms with Crippen LogP contribution in [0, 0.1) is 0 Å². The van der Waals surface area contributed by atoms with E-state index in [1.165, 1.54) is 24.5 Å². The van der Waals surface area contributed by atoms with Crippen molar-refractivity contribution >= 4 is 40.9 Å². The van der Waals surface area contributed by atoms with E-state index in [9.17, 15) is 9.59 Å². The average molecular weight is 315 g/mol. The standard InChI is InChI=1S/C11H8Cl2N4O3/c12-6-3-7(13)10(14-4-6)16-9(18)5-17-8(11(19)20)1-2-15-17/h1-4H,5H2,(H,19,20)(H,14,16,18). The number of rotatable bonds is 4. The van der Waals surface area contributed by atoms with Gasteiger partial charge in [-0.2, -0.15) is 5.10 Å². The van der Waals surface area contributed by atoms with Gasteiger partial charge in [0.15, 0.2) is 5.82 Å². The third kappa shape index (κ3) is 3.25. The predicted molar refractivity (Wildman–Crippen MR) is 72.1 cm³/mol. The minimum absolute atomic E-state index is 0.0877. The minimum Gasteiger partial charge on any atom is -0.477 e. The molecule has 104 valence electrons. The lowest BCUT2D eigenvalue weighted by molar-refractivity contribution is -0.116. The van der Waals surface area contributed by atoms with Crippen LogP contribution in [-0.2, 0) is 11.3 Å². The Morgan fingerprint density at radius 1 is 1.40 bits per heavy atom. The molecule has 1 amide bonds. The summed E-state index contributed by atoms with van der Waals surface area (Å²) in [6.45, 7) is -0.269. The van der Waals surface area contributed by atoms with Crippen molar-refractivity contribution in [3.05, 3.63) is 40.3 Å². The van der Waals surface area contributed by atoms with Crippen LogP contribution >= 0.6 is 23.2 Å². The van der Waals surface area contributed by atoms with Gasteiger partial charge in [-0.3, -0.25) is 4.79 Å². The molecule has 0 aliphatic rings. The fraction of sp³-hybridized carbons (Fsp3) is 0.0909. The summed E-state index contributed by atoms with van der Waals surface area (Å²) < 4.78 is 1.06. The fourth-order valence-corrected chi connectivity index (χ4v) is 1.88. The number of nitrogens with zero attached hydrogens (tertiary/aromatic N) is 3. The number of amides is 1. The van der Waals surface area contributed by atoms with Gasteiger partial charge in [0.05, 0.1) is 10.0 Å². The number of halogens is 2. The third-order valence-electron chi connectivity index (χ3n) is 2.29. The van der Waals surface area contributed by atoms with E-state index < -0.39 is 11.9 Å². The first kappa shape index (κ1) is 14.3. The van der Waals surface area contributed by atoms with E-state index in [-0.39, 0.29) is 23.1 Å². The van der Waals surface area contributed by atoms with Crippen molar-refractivity contribution in [2.45, 2.75) is 6.54 Å². The molecule has 0 saturated heterocycles. The molecule has 2 rings (SSSR count). The Bertz CT molecular complexity index is 671. The highest BCUT2D eigenvalue weighted by molar-refractivity contribution is 6.36. The molecule has 0 atom stereocenters. The Morgan fingerprint density at radius 3 is 2.80 bits per heavy atom. The summed E-state index contributed by atoms with van der Waals surface area (Å²) in [7, 11) is 0. The first-order valence-electron chi connectivity index (χ1n) is 5.33. The van der Waals surface area contributed by atoms with Crippen LogP contribution in [0.25, 0.3) is 0 Å². The van der Waals surface area contributed by atoms with E-state index in [1.807, 2.05) is 0 Å². The van der Waals surface area contributed by atoms with E-state index in [0.717, 1.165) is 4.68 Å². The quantitative estimate of drug-likeness (QED) is 0.898. The SMILES string of the molecule is O=C(Cn1nccc1C(=O)O)Nc1ncc(Cl)cc1Cl. The zero-order chi connectivity index (χ0) is 14.7. The van der Waals surface area contributed by atoms with Crippen molar-refractivity contribution < 1.29 is 14.7 Å². The number of pyridine rings is 1. The van der Waals surface area contributed by atoms with Crippen LogP contribution in [0.2, 0.25) is 10.0 Å². The topological polar surface area (TPSA) is 97.1 Å². The van der Waals surface area contributed by atoms with Crippen LogP contribution < -0.4 is 5.32 Å². The third-order valence-corrected chi connectivity index (χ3v) is 2.79. The summed E-state index contributed by atoms with van der Waals surface area (Å²) in [6.07, 6.45) is 2.63. The van der Waals surface area contributed by atoms with Gasteiger partial charge in [-0.25, -0.2) is 14.5 Å². The van der Waals surface area contributed by atoms with E-state index in [1.54, 1.807) is 0 Å². The van der Waals surface area contributed by atoms with Crippen LogP contribution in [0.4, 0.5) is 5.82 Å². The van der Waals surface area contributed by atoms with Crippen LogP contribution in [0.1, 0.15) is 10.5 Å². The molecule has 9 heteroatoms. The highest BCUT2D eigenvalue weighted by Crippen LogP contribution is 2.22. The smallest absolute Gasteiger partial charge is 0.354 e. The minimum atomic E-state index is -1.17. The molecule has 0 fully saturated rings. The molecule has 0 bridgehead atoms. The second kappa shape index (κ2) is 5.89. The van der Waals surface area contributed by atoms with E-state index in [2.05, 4.69) is 15.4 Å². The number of carboxylic acids is 1. The number of nitrogens with one attached hydrogen (secondary N) is 1. The van der Waals surface area contributed by atoms with E-state index in [4.69, 9.17) is 28.3 Å². The molecule has 0 unspecified atom stereocenters. The molecule has 2 N–H and O–H groups in total. The van der Waals surface area contributed by atoms with Gasteiger partial charge in [-0.1, -0.05) is 23.2 Å². The molecule has 0 aliphatic heterocycles. The summed E-state index contributed by atoms with van der Waals surface area (Å²) in [6, 6.07) is 2.73. The molecule has 2 aromatic heterocycles. The average Bonchev–Trinajstić information content (AvgIpc) is 2.81. The number of carbonyl (C=O) groups is 2. The molecular formula is C11H8Cl2N4O3. The predicted octanol–water partition coefficient (Wildman–Crippen LogP) is 1.92. The number of carbonyl (C=O) groups excluding carboxylic acids is 1. The molecule has 0 aromatic carbocycles. The zero-order valence-electron chi connectivity index (χ0n) is 9.88. The van der Waals surface area contributed by atoms with Gasteiger partial charge < -0.3 is 10.4 Å². The lowest BCUT2D eigenvalue weighted by Crippen LogP contribution is -2.22. The number of aromatic carboxylic acids is 1. The number of hydrogen-bond acceptors (Lipinski definition) is 4. The highest BCUT2D eigenvalue weighted by atomic mass is 35.5. The van der Waals surface area contributed by atoms with E-state index >= 15 is 0 Å². The lowest BCUT2D eigenvalue weighted by Gasteiger charge is -2.07. The number of carboxylic acid groups (broad SMARTS) is 1. The lowest BCUT2D eigenvalue weighted by atomic mass is 10.4. The Kier molecular flexibility index (Phi) is 4.21. The normalized spacial score (nSPS) is 10.3. The Morgan fingerprint density at radius 2 is 2.15 bits per heavy atom. The van der Waals surface area contributed by atoms with Crippen molar-refractivity contribution in [3.8, 4) is 0 Å². The number of anilines is 1. The van der Waals surface area contributed by atoms with Crippen molar-refractivity contribution in [2.75, 3.05) is 5.32 Å². The monoisotopic (exact) mass is 314 g/mol. The summed E-state index contributed by atoms with van der Waals surface area (Å²) in [4.78, 5) is 26.5. The van der Waals surface area contributed by atoms with Gasteiger partial charge in [-0.15, -0.1) is 0 Å². The largest absolute Gasteiger partial charge is 0.477 e. The van der Waals surface area contributed by atoms with Crippen LogP contribution in [0.3, 0.4) is 0 Å². The van der Waals surface area contributed by atoms with Gasteiger partial charge in [0, 0.05) is 12.4 Å². The van der Waals surface area contributed by atoms with Gasteiger partial charge in [0.2, 0.25) is 5.91 Å². The fourth-order valence-electron chi connectivity index (χ4n) is 1.45. The van der Waals surface area contributed by atoms with Crippen LogP contribution in [-0.4, -0.2) is 31.7 Å². The summed E-state index contributed by atoms with van der Waals surface area (Å²) >= 11 is 11.5. The maximum atomic E-state index is 11.8. The van der Waals surface area contributed by atoms with Gasteiger partial charge in [0.25, 0.3) is 0 Å². The molecule has 7 nitrogen and oxygen atoms in total. The van der Waals surface area contributed by atoms with Crippen LogP contribution in [0.15, 0.2) is 24.5 Å². The van der Waals surface area contributed by atoms with Gasteiger partial charge in [0.1, 0.15) is 12.2 Å². The Balaban J connectivity index is 2.09. The summed E-state index contributed by atoms with van der Waals surface area (Å²) in [5, 5.41) is 15.6. The maximum Gasteiger partial charge on any atom is 0.354 e. The second-order valence-corrected chi connectivity index (χ2v) is 4.56. The first-order valence-corrected chi connectivity index (χ1v) is 6.09. The summed E-state index contributed by atoms with van der Waals surface area (Å²) in [5.74, 6) is -1.53. The second-order valence-electron chi connectivity index (χ2n) is 3.71. The molecule has 0 radical (unpaired) electrons. The molecule has 2 aromatic rings. The Labute approximate surface area is 123 Å².